The summed E-state index contributed by atoms with van der Waals surface area (Å²) in [7, 11) is 2.87. The summed E-state index contributed by atoms with van der Waals surface area (Å²) >= 11 is 0. The zero-order valence-electron chi connectivity index (χ0n) is 9.54. The van der Waals surface area contributed by atoms with Crippen molar-refractivity contribution in [3.63, 3.8) is 0 Å². The van der Waals surface area contributed by atoms with Crippen LogP contribution in [0.3, 0.4) is 0 Å². The van der Waals surface area contributed by atoms with E-state index in [1.54, 1.807) is 0 Å². The summed E-state index contributed by atoms with van der Waals surface area (Å²) in [6.45, 7) is 0. The Hall–Kier alpha value is -1.43. The smallest absolute Gasteiger partial charge is 0.390 e. The number of alkyl halides is 3. The Morgan fingerprint density at radius 2 is 1.76 bits per heavy atom. The predicted octanol–water partition coefficient (Wildman–Crippen LogP) is 2.66. The molecule has 1 atom stereocenters. The van der Waals surface area contributed by atoms with E-state index in [0.29, 0.717) is 17.1 Å². The third kappa shape index (κ3) is 3.81. The lowest BCUT2D eigenvalue weighted by molar-refractivity contribution is -0.138. The molecule has 0 aliphatic carbocycles. The fourth-order valence-electron chi connectivity index (χ4n) is 1.45. The van der Waals surface area contributed by atoms with Crippen molar-refractivity contribution in [3.05, 3.63) is 23.8 Å². The Morgan fingerprint density at radius 1 is 1.18 bits per heavy atom. The van der Waals surface area contributed by atoms with Crippen LogP contribution in [0.5, 0.6) is 11.5 Å². The first kappa shape index (κ1) is 13.6. The van der Waals surface area contributed by atoms with E-state index >= 15 is 0 Å². The van der Waals surface area contributed by atoms with E-state index < -0.39 is 18.6 Å². The molecule has 2 N–H and O–H groups in total. The molecule has 0 saturated carbocycles. The third-order valence-electron chi connectivity index (χ3n) is 2.29. The number of hydrogen-bond donors (Lipinski definition) is 1. The largest absolute Gasteiger partial charge is 0.493 e. The Bertz CT molecular complexity index is 379. The van der Waals surface area contributed by atoms with Crippen molar-refractivity contribution in [2.45, 2.75) is 18.6 Å². The van der Waals surface area contributed by atoms with Gasteiger partial charge in [-0.15, -0.1) is 0 Å². The Labute approximate surface area is 97.3 Å². The third-order valence-corrected chi connectivity index (χ3v) is 2.29. The quantitative estimate of drug-likeness (QED) is 0.892. The van der Waals surface area contributed by atoms with Gasteiger partial charge in [-0.1, -0.05) is 6.07 Å². The van der Waals surface area contributed by atoms with Crippen LogP contribution in [0.25, 0.3) is 0 Å². The molecule has 96 valence electrons. The maximum absolute atomic E-state index is 12.2. The first-order valence-corrected chi connectivity index (χ1v) is 4.91. The average molecular weight is 249 g/mol. The number of halogens is 3. The van der Waals surface area contributed by atoms with E-state index in [4.69, 9.17) is 15.2 Å². The molecule has 0 aromatic heterocycles. The van der Waals surface area contributed by atoms with Gasteiger partial charge in [0.15, 0.2) is 11.5 Å². The lowest BCUT2D eigenvalue weighted by Crippen LogP contribution is -2.20. The fraction of sp³-hybridized carbons (Fsp3) is 0.455. The van der Waals surface area contributed by atoms with Gasteiger partial charge in [-0.05, 0) is 17.7 Å². The van der Waals surface area contributed by atoms with Crippen LogP contribution >= 0.6 is 0 Å². The van der Waals surface area contributed by atoms with Crippen LogP contribution in [0.15, 0.2) is 18.2 Å². The van der Waals surface area contributed by atoms with E-state index in [-0.39, 0.29) is 0 Å². The second-order valence-corrected chi connectivity index (χ2v) is 3.54. The molecule has 0 radical (unpaired) electrons. The molecular formula is C11H14F3NO2. The van der Waals surface area contributed by atoms with Crippen molar-refractivity contribution in [3.8, 4) is 11.5 Å². The Morgan fingerprint density at radius 3 is 2.24 bits per heavy atom. The molecule has 0 unspecified atom stereocenters. The summed E-state index contributed by atoms with van der Waals surface area (Å²) < 4.78 is 46.5. The molecule has 1 aromatic rings. The molecule has 0 bridgehead atoms. The molecule has 0 saturated heterocycles. The number of rotatable bonds is 4. The lowest BCUT2D eigenvalue weighted by Gasteiger charge is -2.16. The van der Waals surface area contributed by atoms with Crippen LogP contribution in [0.1, 0.15) is 18.0 Å². The van der Waals surface area contributed by atoms with E-state index in [1.807, 2.05) is 0 Å². The number of ether oxygens (including phenoxy) is 2. The van der Waals surface area contributed by atoms with E-state index in [1.165, 1.54) is 32.4 Å². The van der Waals surface area contributed by atoms with Crippen LogP contribution < -0.4 is 15.2 Å². The number of benzene rings is 1. The van der Waals surface area contributed by atoms with Gasteiger partial charge in [-0.25, -0.2) is 0 Å². The summed E-state index contributed by atoms with van der Waals surface area (Å²) in [6, 6.07) is 3.38. The molecule has 0 aliphatic heterocycles. The zero-order valence-corrected chi connectivity index (χ0v) is 9.54. The zero-order chi connectivity index (χ0) is 13.1. The van der Waals surface area contributed by atoms with Gasteiger partial charge in [0.2, 0.25) is 0 Å². The maximum Gasteiger partial charge on any atom is 0.390 e. The highest BCUT2D eigenvalue weighted by Gasteiger charge is 2.31. The molecule has 1 aromatic carbocycles. The number of methoxy groups -OCH3 is 2. The minimum absolute atomic E-state index is 0.361. The summed E-state index contributed by atoms with van der Waals surface area (Å²) in [6.07, 6.45) is -5.35. The highest BCUT2D eigenvalue weighted by Crippen LogP contribution is 2.33. The normalized spacial score (nSPS) is 13.3. The van der Waals surface area contributed by atoms with Gasteiger partial charge in [-0.3, -0.25) is 0 Å². The second-order valence-electron chi connectivity index (χ2n) is 3.54. The minimum atomic E-state index is -4.29. The van der Waals surface area contributed by atoms with Gasteiger partial charge in [-0.2, -0.15) is 13.2 Å². The highest BCUT2D eigenvalue weighted by molar-refractivity contribution is 5.43. The van der Waals surface area contributed by atoms with Crippen molar-refractivity contribution in [1.82, 2.24) is 0 Å². The summed E-state index contributed by atoms with van der Waals surface area (Å²) in [5.74, 6) is 0.818. The van der Waals surface area contributed by atoms with Gasteiger partial charge < -0.3 is 15.2 Å². The van der Waals surface area contributed by atoms with Crippen LogP contribution in [-0.2, 0) is 0 Å². The first-order valence-electron chi connectivity index (χ1n) is 4.91. The van der Waals surface area contributed by atoms with Crippen molar-refractivity contribution in [1.29, 1.82) is 0 Å². The van der Waals surface area contributed by atoms with Gasteiger partial charge in [0.1, 0.15) is 0 Å². The van der Waals surface area contributed by atoms with Crippen molar-refractivity contribution >= 4 is 0 Å². The van der Waals surface area contributed by atoms with E-state index in [2.05, 4.69) is 0 Å². The van der Waals surface area contributed by atoms with Crippen molar-refractivity contribution in [2.24, 2.45) is 5.73 Å². The summed E-state index contributed by atoms with van der Waals surface area (Å²) in [5.41, 5.74) is 5.84. The molecule has 0 spiro atoms. The van der Waals surface area contributed by atoms with Crippen molar-refractivity contribution in [2.75, 3.05) is 14.2 Å². The monoisotopic (exact) mass is 249 g/mol. The molecule has 3 nitrogen and oxygen atoms in total. The maximum atomic E-state index is 12.2. The Balaban J connectivity index is 2.92. The molecule has 17 heavy (non-hydrogen) atoms. The molecular weight excluding hydrogens is 235 g/mol. The lowest BCUT2D eigenvalue weighted by atomic mass is 10.0. The first-order chi connectivity index (χ1) is 7.87. The molecule has 0 heterocycles. The van der Waals surface area contributed by atoms with Gasteiger partial charge in [0.05, 0.1) is 20.6 Å². The fourth-order valence-corrected chi connectivity index (χ4v) is 1.45. The molecule has 1 rings (SSSR count). The summed E-state index contributed by atoms with van der Waals surface area (Å²) in [5, 5.41) is 0. The highest BCUT2D eigenvalue weighted by atomic mass is 19.4. The van der Waals surface area contributed by atoms with Crippen LogP contribution in [0.4, 0.5) is 13.2 Å². The second kappa shape index (κ2) is 5.27. The predicted molar refractivity (Wildman–Crippen MR) is 57.1 cm³/mol. The van der Waals surface area contributed by atoms with E-state index in [9.17, 15) is 13.2 Å². The standard InChI is InChI=1S/C11H14F3NO2/c1-16-9-4-3-7(5-10(9)17-2)8(15)6-11(12,13)14/h3-5,8H,6,15H2,1-2H3/t8-/m0/s1. The SMILES string of the molecule is COc1ccc([C@@H](N)CC(F)(F)F)cc1OC. The minimum Gasteiger partial charge on any atom is -0.493 e. The molecule has 6 heteroatoms. The van der Waals surface area contributed by atoms with Crippen LogP contribution in [0, 0.1) is 0 Å². The molecule has 0 amide bonds. The average Bonchev–Trinajstić information content (AvgIpc) is 2.25. The molecule has 0 aliphatic rings. The molecule has 0 fully saturated rings. The van der Waals surface area contributed by atoms with Crippen molar-refractivity contribution < 1.29 is 22.6 Å². The number of hydrogen-bond acceptors (Lipinski definition) is 3. The van der Waals surface area contributed by atoms with E-state index in [0.717, 1.165) is 0 Å². The van der Waals surface area contributed by atoms with Crippen LogP contribution in [-0.4, -0.2) is 20.4 Å². The number of nitrogens with two attached hydrogens (primary N) is 1. The van der Waals surface area contributed by atoms with Gasteiger partial charge >= 0.3 is 6.18 Å². The van der Waals surface area contributed by atoms with Gasteiger partial charge in [0.25, 0.3) is 0 Å². The van der Waals surface area contributed by atoms with Crippen LogP contribution in [0.2, 0.25) is 0 Å². The Kier molecular flexibility index (Phi) is 4.22. The topological polar surface area (TPSA) is 44.5 Å². The van der Waals surface area contributed by atoms with Gasteiger partial charge in [0, 0.05) is 6.04 Å². The summed E-state index contributed by atoms with van der Waals surface area (Å²) in [4.78, 5) is 0.